The fraction of sp³-hybridized carbons (Fsp3) is 0.600. The van der Waals surface area contributed by atoms with Gasteiger partial charge in [0.25, 0.3) is 11.8 Å². The first-order valence-electron chi connectivity index (χ1n) is 5.63. The fourth-order valence-corrected chi connectivity index (χ4v) is 3.22. The molecule has 3 aliphatic rings. The van der Waals surface area contributed by atoms with Gasteiger partial charge in [-0.1, -0.05) is 19.3 Å². The van der Waals surface area contributed by atoms with E-state index < -0.39 is 5.41 Å². The van der Waals surface area contributed by atoms with Crippen molar-refractivity contribution in [2.75, 3.05) is 0 Å². The standard InChI is InChI=1S/C10H12N4O2S/c11-8-13-14-7(16)10(4-2-1-3-5-10)6(15)12-9(14)17-8/h1-5H2,(H2,11,13). The van der Waals surface area contributed by atoms with Gasteiger partial charge >= 0.3 is 0 Å². The van der Waals surface area contributed by atoms with Gasteiger partial charge in [-0.2, -0.15) is 10.0 Å². The van der Waals surface area contributed by atoms with E-state index in [2.05, 4.69) is 10.1 Å². The Kier molecular flexibility index (Phi) is 2.25. The molecule has 2 N–H and O–H groups in total. The van der Waals surface area contributed by atoms with Crippen LogP contribution in [0.15, 0.2) is 10.1 Å². The quantitative estimate of drug-likeness (QED) is 0.641. The number of fused-ring (bicyclic) bond motifs is 1. The summed E-state index contributed by atoms with van der Waals surface area (Å²) in [5, 5.41) is 5.70. The zero-order chi connectivity index (χ0) is 12.0. The number of amides is 2. The summed E-state index contributed by atoms with van der Waals surface area (Å²) in [6.45, 7) is 0. The normalized spacial score (nSPS) is 26.9. The van der Waals surface area contributed by atoms with Gasteiger partial charge in [0.05, 0.1) is 0 Å². The van der Waals surface area contributed by atoms with Crippen LogP contribution >= 0.6 is 11.8 Å². The molecular weight excluding hydrogens is 240 g/mol. The van der Waals surface area contributed by atoms with Crippen molar-refractivity contribution in [2.45, 2.75) is 32.1 Å². The maximum absolute atomic E-state index is 12.4. The summed E-state index contributed by atoms with van der Waals surface area (Å²) in [5.41, 5.74) is 4.59. The second kappa shape index (κ2) is 3.56. The van der Waals surface area contributed by atoms with Crippen LogP contribution in [-0.2, 0) is 9.59 Å². The second-order valence-corrected chi connectivity index (χ2v) is 5.49. The Morgan fingerprint density at radius 3 is 2.65 bits per heavy atom. The first-order valence-corrected chi connectivity index (χ1v) is 6.45. The highest BCUT2D eigenvalue weighted by Gasteiger charge is 2.54. The van der Waals surface area contributed by atoms with E-state index in [-0.39, 0.29) is 17.0 Å². The van der Waals surface area contributed by atoms with E-state index in [1.807, 2.05) is 0 Å². The molecule has 6 nitrogen and oxygen atoms in total. The molecule has 2 amide bonds. The number of thioether (sulfide) groups is 1. The summed E-state index contributed by atoms with van der Waals surface area (Å²) in [7, 11) is 0. The van der Waals surface area contributed by atoms with Gasteiger partial charge in [-0.25, -0.2) is 0 Å². The van der Waals surface area contributed by atoms with Crippen molar-refractivity contribution in [1.82, 2.24) is 5.01 Å². The van der Waals surface area contributed by atoms with Gasteiger partial charge in [-0.15, -0.1) is 5.10 Å². The Balaban J connectivity index is 2.03. The summed E-state index contributed by atoms with van der Waals surface area (Å²) in [6, 6.07) is 0. The highest BCUT2D eigenvalue weighted by molar-refractivity contribution is 8.26. The molecule has 0 aromatic heterocycles. The van der Waals surface area contributed by atoms with Crippen LogP contribution in [0.2, 0.25) is 0 Å². The van der Waals surface area contributed by atoms with Crippen LogP contribution in [0.5, 0.6) is 0 Å². The third-order valence-corrected chi connectivity index (χ3v) is 4.23. The number of aliphatic imine (C=N–C) groups is 1. The number of hydrogen-bond acceptors (Lipinski definition) is 5. The number of carbonyl (C=O) groups is 2. The highest BCUT2D eigenvalue weighted by atomic mass is 32.2. The van der Waals surface area contributed by atoms with Crippen molar-refractivity contribution in [3.05, 3.63) is 0 Å². The molecule has 1 aliphatic carbocycles. The maximum atomic E-state index is 12.4. The van der Waals surface area contributed by atoms with E-state index in [1.165, 1.54) is 5.01 Å². The van der Waals surface area contributed by atoms with E-state index in [0.717, 1.165) is 31.0 Å². The lowest BCUT2D eigenvalue weighted by Gasteiger charge is -2.36. The smallest absolute Gasteiger partial charge is 0.265 e. The van der Waals surface area contributed by atoms with Crippen LogP contribution in [0.3, 0.4) is 0 Å². The molecule has 1 fully saturated rings. The summed E-state index contributed by atoms with van der Waals surface area (Å²) >= 11 is 1.07. The molecular formula is C10H12N4O2S. The highest BCUT2D eigenvalue weighted by Crippen LogP contribution is 2.43. The van der Waals surface area contributed by atoms with Crippen LogP contribution < -0.4 is 5.73 Å². The minimum absolute atomic E-state index is 0.250. The van der Waals surface area contributed by atoms with E-state index in [0.29, 0.717) is 18.0 Å². The minimum atomic E-state index is -0.962. The first-order chi connectivity index (χ1) is 8.13. The van der Waals surface area contributed by atoms with Gasteiger partial charge in [0, 0.05) is 0 Å². The Morgan fingerprint density at radius 1 is 1.24 bits per heavy atom. The van der Waals surface area contributed by atoms with Crippen LogP contribution in [0.4, 0.5) is 0 Å². The summed E-state index contributed by atoms with van der Waals surface area (Å²) in [5.74, 6) is -0.564. The van der Waals surface area contributed by atoms with Crippen molar-refractivity contribution >= 4 is 33.9 Å². The Hall–Kier alpha value is -1.37. The predicted octanol–water partition coefficient (Wildman–Crippen LogP) is 0.638. The topological polar surface area (TPSA) is 88.1 Å². The van der Waals surface area contributed by atoms with Crippen molar-refractivity contribution in [3.8, 4) is 0 Å². The van der Waals surface area contributed by atoms with E-state index in [9.17, 15) is 9.59 Å². The van der Waals surface area contributed by atoms with Gasteiger partial charge in [0.15, 0.2) is 5.17 Å². The number of nitrogens with zero attached hydrogens (tertiary/aromatic N) is 3. The zero-order valence-electron chi connectivity index (χ0n) is 9.18. The maximum Gasteiger partial charge on any atom is 0.265 e. The molecule has 0 aromatic carbocycles. The van der Waals surface area contributed by atoms with Crippen molar-refractivity contribution < 1.29 is 9.59 Å². The number of rotatable bonds is 0. The summed E-state index contributed by atoms with van der Waals surface area (Å²) < 4.78 is 0. The average Bonchev–Trinajstić information content (AvgIpc) is 2.69. The van der Waals surface area contributed by atoms with Crippen LogP contribution in [-0.4, -0.2) is 27.2 Å². The van der Waals surface area contributed by atoms with Crippen molar-refractivity contribution in [3.63, 3.8) is 0 Å². The molecule has 0 saturated heterocycles. The Bertz CT molecular complexity index is 465. The molecule has 1 saturated carbocycles. The molecule has 2 aliphatic heterocycles. The van der Waals surface area contributed by atoms with Gasteiger partial charge in [-0.05, 0) is 24.6 Å². The third-order valence-electron chi connectivity index (χ3n) is 3.49. The predicted molar refractivity (Wildman–Crippen MR) is 64.0 cm³/mol. The molecule has 1 spiro atoms. The lowest BCUT2D eigenvalue weighted by atomic mass is 9.72. The zero-order valence-corrected chi connectivity index (χ0v) is 10.00. The molecule has 0 atom stereocenters. The largest absolute Gasteiger partial charge is 0.376 e. The Morgan fingerprint density at radius 2 is 1.94 bits per heavy atom. The van der Waals surface area contributed by atoms with E-state index >= 15 is 0 Å². The van der Waals surface area contributed by atoms with Crippen LogP contribution in [0.25, 0.3) is 0 Å². The lowest BCUT2D eigenvalue weighted by Crippen LogP contribution is -2.51. The Labute approximate surface area is 102 Å². The third kappa shape index (κ3) is 1.41. The van der Waals surface area contributed by atoms with Crippen molar-refractivity contribution in [2.24, 2.45) is 21.2 Å². The lowest BCUT2D eigenvalue weighted by molar-refractivity contribution is -0.150. The summed E-state index contributed by atoms with van der Waals surface area (Å²) in [6.07, 6.45) is 4.01. The molecule has 0 unspecified atom stereocenters. The average molecular weight is 252 g/mol. The molecule has 3 rings (SSSR count). The first kappa shape index (κ1) is 10.8. The van der Waals surface area contributed by atoms with Gasteiger partial charge < -0.3 is 5.73 Å². The fourth-order valence-electron chi connectivity index (χ4n) is 2.57. The van der Waals surface area contributed by atoms with Crippen LogP contribution in [0, 0.1) is 5.41 Å². The number of hydrogen-bond donors (Lipinski definition) is 1. The molecule has 90 valence electrons. The molecule has 0 aromatic rings. The summed E-state index contributed by atoms with van der Waals surface area (Å²) in [4.78, 5) is 28.5. The number of amidine groups is 2. The van der Waals surface area contributed by atoms with E-state index in [4.69, 9.17) is 5.73 Å². The van der Waals surface area contributed by atoms with Gasteiger partial charge in [0.2, 0.25) is 5.17 Å². The minimum Gasteiger partial charge on any atom is -0.376 e. The molecule has 7 heteroatoms. The van der Waals surface area contributed by atoms with Gasteiger partial charge in [-0.3, -0.25) is 9.59 Å². The molecule has 17 heavy (non-hydrogen) atoms. The van der Waals surface area contributed by atoms with Crippen molar-refractivity contribution in [1.29, 1.82) is 0 Å². The SMILES string of the molecule is NC1=NN2C(=O)C3(CCCCC3)C(=O)N=C2S1. The second-order valence-electron chi connectivity index (χ2n) is 4.50. The number of carbonyl (C=O) groups excluding carboxylic acids is 2. The monoisotopic (exact) mass is 252 g/mol. The number of hydrazone groups is 1. The molecule has 2 heterocycles. The molecule has 0 bridgehead atoms. The number of nitrogens with two attached hydrogens (primary N) is 1. The van der Waals surface area contributed by atoms with E-state index in [1.54, 1.807) is 0 Å². The molecule has 0 radical (unpaired) electrons. The van der Waals surface area contributed by atoms with Crippen LogP contribution in [0.1, 0.15) is 32.1 Å². The van der Waals surface area contributed by atoms with Gasteiger partial charge in [0.1, 0.15) is 5.41 Å².